The van der Waals surface area contributed by atoms with Gasteiger partial charge in [0.05, 0.1) is 0 Å². The summed E-state index contributed by atoms with van der Waals surface area (Å²) in [7, 11) is 0. The summed E-state index contributed by atoms with van der Waals surface area (Å²) in [4.78, 5) is 4.32. The second-order valence-electron chi connectivity index (χ2n) is 11.0. The normalized spacial score (nSPS) is 12.1. The van der Waals surface area contributed by atoms with Crippen molar-refractivity contribution in [2.24, 2.45) is 0 Å². The van der Waals surface area contributed by atoms with Crippen LogP contribution in [0.2, 0.25) is 0 Å². The van der Waals surface area contributed by atoms with Gasteiger partial charge in [-0.1, -0.05) is 57.0 Å². The van der Waals surface area contributed by atoms with Crippen LogP contribution in [-0.2, 0) is 20.1 Å². The molecule has 4 nitrogen and oxygen atoms in total. The number of rotatable bonds is 4. The third-order valence-electron chi connectivity index (χ3n) is 7.39. The van der Waals surface area contributed by atoms with Crippen LogP contribution in [0.1, 0.15) is 39.3 Å². The average molecular weight is 727 g/mol. The Morgan fingerprint density at radius 3 is 2.19 bits per heavy atom. The van der Waals surface area contributed by atoms with Crippen molar-refractivity contribution in [3.63, 3.8) is 0 Å². The Hall–Kier alpha value is -4.14. The number of para-hydroxylation sites is 3. The van der Waals surface area contributed by atoms with Gasteiger partial charge in [-0.15, -0.1) is 42.0 Å². The van der Waals surface area contributed by atoms with Crippen LogP contribution < -0.4 is 4.58 Å². The molecule has 0 unspecified atom stereocenters. The summed E-state index contributed by atoms with van der Waals surface area (Å²) >= 11 is 0. The molecule has 0 atom stereocenters. The van der Waals surface area contributed by atoms with E-state index < -0.39 is 0 Å². The SMILES string of the molecule is CC(C)n1c2ccccc2c2cc[c-]c([N+]3=C=[N+](C(C)C)c4ccccc43)c21.Cc1ccc(-c2[c-]cccc2)nc1.[Ir]. The molecule has 211 valence electrons. The second kappa shape index (κ2) is 12.4. The number of aromatic nitrogens is 2. The van der Waals surface area contributed by atoms with Gasteiger partial charge in [0.25, 0.3) is 11.4 Å². The number of hydrogen-bond donors (Lipinski definition) is 0. The molecule has 42 heavy (non-hydrogen) atoms. The van der Waals surface area contributed by atoms with E-state index in [0.717, 1.165) is 22.6 Å². The number of fused-ring (bicyclic) bond motifs is 4. The van der Waals surface area contributed by atoms with Crippen LogP contribution in [0.15, 0.2) is 103 Å². The van der Waals surface area contributed by atoms with E-state index in [4.69, 9.17) is 0 Å². The zero-order chi connectivity index (χ0) is 28.5. The van der Waals surface area contributed by atoms with Gasteiger partial charge in [0.15, 0.2) is 6.04 Å². The largest absolute Gasteiger partial charge is 0.494 e. The summed E-state index contributed by atoms with van der Waals surface area (Å²) in [6.07, 6.45) is 1.87. The van der Waals surface area contributed by atoms with Crippen LogP contribution >= 0.6 is 0 Å². The van der Waals surface area contributed by atoms with E-state index in [1.54, 1.807) is 0 Å². The Balaban J connectivity index is 0.000000212. The van der Waals surface area contributed by atoms with E-state index in [2.05, 4.69) is 125 Å². The van der Waals surface area contributed by atoms with Gasteiger partial charge in [-0.2, -0.15) is 12.1 Å². The van der Waals surface area contributed by atoms with Gasteiger partial charge in [0.1, 0.15) is 5.69 Å². The molecule has 1 aliphatic rings. The van der Waals surface area contributed by atoms with Gasteiger partial charge in [0, 0.05) is 55.5 Å². The summed E-state index contributed by atoms with van der Waals surface area (Å²) in [5.41, 5.74) is 9.08. The molecule has 4 aromatic carbocycles. The molecular formula is C37H34IrN4. The molecule has 0 amide bonds. The number of pyridine rings is 1. The van der Waals surface area contributed by atoms with E-state index >= 15 is 0 Å². The molecule has 0 fully saturated rings. The number of hydrogen-bond acceptors (Lipinski definition) is 1. The predicted molar refractivity (Wildman–Crippen MR) is 170 cm³/mol. The van der Waals surface area contributed by atoms with Gasteiger partial charge in [-0.3, -0.25) is 0 Å². The third-order valence-corrected chi connectivity index (χ3v) is 7.39. The van der Waals surface area contributed by atoms with E-state index in [1.807, 2.05) is 49.5 Å². The molecule has 0 bridgehead atoms. The number of nitrogens with zero attached hydrogens (tertiary/aromatic N) is 4. The monoisotopic (exact) mass is 727 g/mol. The van der Waals surface area contributed by atoms with Crippen molar-refractivity contribution >= 4 is 44.9 Å². The number of aryl methyl sites for hydroxylation is 1. The minimum Gasteiger partial charge on any atom is -0.386 e. The minimum absolute atomic E-state index is 0. The fourth-order valence-electron chi connectivity index (χ4n) is 5.50. The van der Waals surface area contributed by atoms with E-state index in [1.165, 1.54) is 33.1 Å². The topological polar surface area (TPSA) is 23.8 Å². The molecule has 5 heteroatoms. The van der Waals surface area contributed by atoms with Crippen LogP contribution in [0.3, 0.4) is 0 Å². The zero-order valence-corrected chi connectivity index (χ0v) is 27.0. The smallest absolute Gasteiger partial charge is 0.386 e. The molecule has 0 saturated carbocycles. The fraction of sp³-hybridized carbons (Fsp3) is 0.189. The Morgan fingerprint density at radius 1 is 0.762 bits per heavy atom. The van der Waals surface area contributed by atoms with Crippen molar-refractivity contribution in [1.82, 2.24) is 14.1 Å². The zero-order valence-electron chi connectivity index (χ0n) is 24.6. The third kappa shape index (κ3) is 5.40. The maximum atomic E-state index is 4.32. The molecule has 0 N–H and O–H groups in total. The van der Waals surface area contributed by atoms with E-state index in [9.17, 15) is 0 Å². The Kier molecular flexibility index (Phi) is 8.66. The molecular weight excluding hydrogens is 693 g/mol. The molecule has 1 radical (unpaired) electrons. The first-order chi connectivity index (χ1) is 19.9. The molecule has 0 saturated heterocycles. The van der Waals surface area contributed by atoms with Crippen molar-refractivity contribution in [3.8, 4) is 11.3 Å². The van der Waals surface area contributed by atoms with Gasteiger partial charge < -0.3 is 9.55 Å². The summed E-state index contributed by atoms with van der Waals surface area (Å²) < 4.78 is 6.82. The maximum absolute atomic E-state index is 4.32. The van der Waals surface area contributed by atoms with Crippen molar-refractivity contribution in [2.45, 2.75) is 46.7 Å². The van der Waals surface area contributed by atoms with Crippen LogP contribution in [0.4, 0.5) is 17.1 Å². The van der Waals surface area contributed by atoms with E-state index in [0.29, 0.717) is 12.1 Å². The van der Waals surface area contributed by atoms with Crippen molar-refractivity contribution in [2.75, 3.05) is 0 Å². The van der Waals surface area contributed by atoms with E-state index in [-0.39, 0.29) is 20.1 Å². The van der Waals surface area contributed by atoms with Crippen molar-refractivity contribution in [1.29, 1.82) is 0 Å². The Labute approximate surface area is 261 Å². The minimum atomic E-state index is 0. The van der Waals surface area contributed by atoms with Gasteiger partial charge in [-0.25, -0.2) is 0 Å². The van der Waals surface area contributed by atoms with Crippen LogP contribution in [0, 0.1) is 19.1 Å². The summed E-state index contributed by atoms with van der Waals surface area (Å²) in [6, 6.07) is 44.3. The van der Waals surface area contributed by atoms with Crippen LogP contribution in [-0.4, -0.2) is 26.2 Å². The Bertz CT molecular complexity index is 1930. The average Bonchev–Trinajstić information content (AvgIpc) is 3.55. The quantitative estimate of drug-likeness (QED) is 0.131. The molecule has 2 aromatic heterocycles. The first kappa shape index (κ1) is 29.4. The molecule has 6 aromatic rings. The first-order valence-corrected chi connectivity index (χ1v) is 14.2. The Morgan fingerprint density at radius 2 is 1.50 bits per heavy atom. The van der Waals surface area contributed by atoms with Gasteiger partial charge in [0.2, 0.25) is 0 Å². The fourth-order valence-corrected chi connectivity index (χ4v) is 5.50. The molecule has 0 spiro atoms. The molecule has 3 heterocycles. The van der Waals surface area contributed by atoms with Crippen LogP contribution in [0.5, 0.6) is 0 Å². The van der Waals surface area contributed by atoms with Crippen LogP contribution in [0.25, 0.3) is 33.1 Å². The second-order valence-corrected chi connectivity index (χ2v) is 11.0. The maximum Gasteiger partial charge on any atom is 0.494 e. The standard InChI is InChI=1S/C25H24N3.C12H10N.Ir/c1-17(2)26-16-27(23-14-8-7-13-22(23)26)24-15-9-11-20-19-10-5-6-12-21(19)28(18(3)4)25(20)24;1-10-7-8-12(13-9-10)11-5-3-2-4-6-11;/h5-14,17-18H,1-4H3;2-5,7-9H,1H3;/q+1;-1;. The molecule has 0 aliphatic carbocycles. The first-order valence-electron chi connectivity index (χ1n) is 14.2. The predicted octanol–water partition coefficient (Wildman–Crippen LogP) is 9.10. The van der Waals surface area contributed by atoms with Crippen molar-refractivity contribution in [3.05, 3.63) is 121 Å². The van der Waals surface area contributed by atoms with Gasteiger partial charge in [-0.05, 0) is 57.3 Å². The summed E-state index contributed by atoms with van der Waals surface area (Å²) in [5.74, 6) is 0. The molecule has 7 rings (SSSR count). The van der Waals surface area contributed by atoms with Crippen molar-refractivity contribution < 1.29 is 24.7 Å². The summed E-state index contributed by atoms with van der Waals surface area (Å²) in [5, 5.41) is 2.55. The summed E-state index contributed by atoms with van der Waals surface area (Å²) in [6.45, 7) is 10.9. The van der Waals surface area contributed by atoms with Gasteiger partial charge >= 0.3 is 6.01 Å². The molecule has 1 aliphatic heterocycles. The number of benzene rings is 4.